The van der Waals surface area contributed by atoms with E-state index in [1.54, 1.807) is 13.3 Å². The average Bonchev–Trinajstić information content (AvgIpc) is 3.73. The zero-order chi connectivity index (χ0) is 33.0. The van der Waals surface area contributed by atoms with Crippen molar-refractivity contribution in [3.05, 3.63) is 65.4 Å². The van der Waals surface area contributed by atoms with Crippen LogP contribution in [0.4, 0.5) is 5.69 Å². The third-order valence-electron chi connectivity index (χ3n) is 8.72. The van der Waals surface area contributed by atoms with Crippen molar-refractivity contribution in [2.24, 2.45) is 5.92 Å². The molecule has 1 amide bonds. The molecule has 46 heavy (non-hydrogen) atoms. The quantitative estimate of drug-likeness (QED) is 0.248. The Bertz CT molecular complexity index is 1530. The van der Waals surface area contributed by atoms with E-state index in [2.05, 4.69) is 45.2 Å². The zero-order valence-electron chi connectivity index (χ0n) is 27.8. The summed E-state index contributed by atoms with van der Waals surface area (Å²) in [6, 6.07) is 11.4. The number of aromatic nitrogens is 1. The van der Waals surface area contributed by atoms with Crippen LogP contribution in [0.5, 0.6) is 17.2 Å². The summed E-state index contributed by atoms with van der Waals surface area (Å²) < 4.78 is 23.4. The zero-order valence-corrected chi connectivity index (χ0v) is 27.8. The normalized spacial score (nSPS) is 19.4. The van der Waals surface area contributed by atoms with Crippen molar-refractivity contribution in [1.29, 1.82) is 0 Å². The first-order chi connectivity index (χ1) is 22.0. The van der Waals surface area contributed by atoms with E-state index < -0.39 is 23.8 Å². The van der Waals surface area contributed by atoms with E-state index in [0.29, 0.717) is 54.8 Å². The van der Waals surface area contributed by atoms with E-state index >= 15 is 0 Å². The maximum atomic E-state index is 14.2. The van der Waals surface area contributed by atoms with Crippen molar-refractivity contribution in [2.45, 2.75) is 58.0 Å². The lowest BCUT2D eigenvalue weighted by molar-refractivity contribution is -0.884. The summed E-state index contributed by atoms with van der Waals surface area (Å²) in [6.07, 6.45) is 4.39. The Kier molecular flexibility index (Phi) is 10.2. The van der Waals surface area contributed by atoms with Crippen molar-refractivity contribution in [1.82, 2.24) is 9.88 Å². The van der Waals surface area contributed by atoms with Crippen molar-refractivity contribution in [3.63, 3.8) is 0 Å². The van der Waals surface area contributed by atoms with Crippen LogP contribution in [0.3, 0.4) is 0 Å². The standard InChI is InChI=1S/C35H46N4O7/c1-7-8-14-38(26-11-9-10-24(15-26)21-39(3,4)5)32(40)20-37-19-27(25-16-29(43-6)34-30(17-25)44-22-45-34)33(35(41)42)28(37)12-13-31-36-18-23(2)46-31/h9-11,15-18,27-28,33H,7-8,12-14,19-22H2,1-6H3/p+1/t27-,28+,33?/m1/s1. The lowest BCUT2D eigenvalue weighted by Gasteiger charge is -2.30. The van der Waals surface area contributed by atoms with Crippen LogP contribution in [0.1, 0.15) is 54.9 Å². The SMILES string of the molecule is CCCCN(C(=O)CN1C[C@H](c2cc(OC)c3c(c2)OCO3)C(C(=O)O)[C@@H]1CCc1ncc(C)o1)c1cccc(C[N+](C)(C)C)c1. The maximum Gasteiger partial charge on any atom is 0.308 e. The number of ether oxygens (including phenoxy) is 3. The number of carbonyl (C=O) groups excluding carboxylic acids is 1. The molecule has 0 aliphatic carbocycles. The molecule has 1 fully saturated rings. The molecule has 2 aromatic carbocycles. The van der Waals surface area contributed by atoms with Crippen LogP contribution >= 0.6 is 0 Å². The number of unbranched alkanes of at least 4 members (excludes halogenated alkanes) is 1. The Balaban J connectivity index is 1.47. The minimum atomic E-state index is -0.916. The monoisotopic (exact) mass is 635 g/mol. The number of hydrogen-bond donors (Lipinski definition) is 1. The predicted molar refractivity (Wildman–Crippen MR) is 173 cm³/mol. The Labute approximate surface area is 271 Å². The van der Waals surface area contributed by atoms with Gasteiger partial charge in [-0.3, -0.25) is 14.5 Å². The fourth-order valence-electron chi connectivity index (χ4n) is 6.69. The highest BCUT2D eigenvalue weighted by Crippen LogP contribution is 2.47. The second kappa shape index (κ2) is 14.1. The first-order valence-electron chi connectivity index (χ1n) is 16.0. The highest BCUT2D eigenvalue weighted by molar-refractivity contribution is 5.95. The number of benzene rings is 2. The second-order valence-electron chi connectivity index (χ2n) is 13.3. The molecule has 0 bridgehead atoms. The molecule has 5 rings (SSSR count). The fourth-order valence-corrected chi connectivity index (χ4v) is 6.69. The van der Waals surface area contributed by atoms with E-state index in [1.165, 1.54) is 0 Å². The minimum absolute atomic E-state index is 0.0547. The molecule has 3 atom stereocenters. The molecule has 11 nitrogen and oxygen atoms in total. The third kappa shape index (κ3) is 7.64. The van der Waals surface area contributed by atoms with Crippen molar-refractivity contribution in [2.75, 3.05) is 59.6 Å². The summed E-state index contributed by atoms with van der Waals surface area (Å²) in [7, 11) is 7.98. The molecular formula is C35H47N4O7+. The molecule has 0 saturated carbocycles. The van der Waals surface area contributed by atoms with Crippen LogP contribution < -0.4 is 19.1 Å². The molecular weight excluding hydrogens is 588 g/mol. The number of oxazole rings is 1. The summed E-state index contributed by atoms with van der Waals surface area (Å²) in [5.74, 6) is 0.620. The lowest BCUT2D eigenvalue weighted by Crippen LogP contribution is -2.44. The summed E-state index contributed by atoms with van der Waals surface area (Å²) in [6.45, 7) is 5.90. The average molecular weight is 636 g/mol. The van der Waals surface area contributed by atoms with Crippen LogP contribution in [-0.4, -0.2) is 92.1 Å². The minimum Gasteiger partial charge on any atom is -0.493 e. The summed E-state index contributed by atoms with van der Waals surface area (Å²) in [5.41, 5.74) is 2.79. The van der Waals surface area contributed by atoms with E-state index in [4.69, 9.17) is 18.6 Å². The van der Waals surface area contributed by atoms with Gasteiger partial charge in [0.25, 0.3) is 0 Å². The maximum absolute atomic E-state index is 14.2. The first kappa shape index (κ1) is 33.3. The molecule has 11 heteroatoms. The molecule has 1 unspecified atom stereocenters. The van der Waals surface area contributed by atoms with Gasteiger partial charge in [0, 0.05) is 42.7 Å². The number of carbonyl (C=O) groups is 2. The number of fused-ring (bicyclic) bond motifs is 1. The Morgan fingerprint density at radius 2 is 1.98 bits per heavy atom. The fraction of sp³-hybridized carbons (Fsp3) is 0.514. The number of aryl methyl sites for hydroxylation is 2. The largest absolute Gasteiger partial charge is 0.493 e. The van der Waals surface area contributed by atoms with Gasteiger partial charge in [0.2, 0.25) is 18.4 Å². The smallest absolute Gasteiger partial charge is 0.308 e. The van der Waals surface area contributed by atoms with Gasteiger partial charge in [0.1, 0.15) is 12.3 Å². The number of amides is 1. The first-order valence-corrected chi connectivity index (χ1v) is 16.0. The number of nitrogens with zero attached hydrogens (tertiary/aromatic N) is 4. The molecule has 2 aliphatic heterocycles. The lowest BCUT2D eigenvalue weighted by atomic mass is 9.83. The van der Waals surface area contributed by atoms with Crippen LogP contribution in [0.15, 0.2) is 47.0 Å². The van der Waals surface area contributed by atoms with Gasteiger partial charge in [-0.15, -0.1) is 0 Å². The van der Waals surface area contributed by atoms with Gasteiger partial charge < -0.3 is 33.1 Å². The van der Waals surface area contributed by atoms with Crippen LogP contribution in [0, 0.1) is 12.8 Å². The number of carboxylic acid groups (broad SMARTS) is 1. The third-order valence-corrected chi connectivity index (χ3v) is 8.72. The number of likely N-dealkylation sites (tertiary alicyclic amines) is 1. The van der Waals surface area contributed by atoms with E-state index in [1.807, 2.05) is 41.0 Å². The highest BCUT2D eigenvalue weighted by atomic mass is 16.7. The molecule has 2 aliphatic rings. The highest BCUT2D eigenvalue weighted by Gasteiger charge is 2.47. The number of methoxy groups -OCH3 is 1. The topological polar surface area (TPSA) is 115 Å². The number of carboxylic acids is 1. The van der Waals surface area contributed by atoms with Crippen molar-refractivity contribution in [3.8, 4) is 17.2 Å². The number of anilines is 1. The number of aliphatic carboxylic acids is 1. The summed E-state index contributed by atoms with van der Waals surface area (Å²) in [5, 5.41) is 10.7. The van der Waals surface area contributed by atoms with Crippen LogP contribution in [0.25, 0.3) is 0 Å². The predicted octanol–water partition coefficient (Wildman–Crippen LogP) is 4.86. The molecule has 1 saturated heterocycles. The van der Waals surface area contributed by atoms with E-state index in [0.717, 1.165) is 40.7 Å². The Morgan fingerprint density at radius 1 is 1.17 bits per heavy atom. The molecule has 1 aromatic heterocycles. The molecule has 1 N–H and O–H groups in total. The van der Waals surface area contributed by atoms with Gasteiger partial charge in [-0.1, -0.05) is 25.5 Å². The van der Waals surface area contributed by atoms with Gasteiger partial charge in [0.05, 0.1) is 46.9 Å². The Hall–Kier alpha value is -4.09. The van der Waals surface area contributed by atoms with Gasteiger partial charge in [-0.25, -0.2) is 4.98 Å². The molecule has 3 heterocycles. The van der Waals surface area contributed by atoms with Crippen molar-refractivity contribution >= 4 is 17.6 Å². The van der Waals surface area contributed by atoms with Gasteiger partial charge in [-0.2, -0.15) is 0 Å². The van der Waals surface area contributed by atoms with Crippen LogP contribution in [-0.2, 0) is 22.6 Å². The molecule has 248 valence electrons. The Morgan fingerprint density at radius 3 is 2.65 bits per heavy atom. The summed E-state index contributed by atoms with van der Waals surface area (Å²) >= 11 is 0. The van der Waals surface area contributed by atoms with Gasteiger partial charge in [-0.05, 0) is 49.6 Å². The molecule has 0 radical (unpaired) electrons. The molecule has 0 spiro atoms. The number of hydrogen-bond acceptors (Lipinski definition) is 8. The van der Waals surface area contributed by atoms with Gasteiger partial charge >= 0.3 is 5.97 Å². The van der Waals surface area contributed by atoms with Crippen molar-refractivity contribution < 1.29 is 37.8 Å². The summed E-state index contributed by atoms with van der Waals surface area (Å²) in [4.78, 5) is 35.5. The molecule has 3 aromatic rings. The van der Waals surface area contributed by atoms with E-state index in [9.17, 15) is 14.7 Å². The van der Waals surface area contributed by atoms with E-state index in [-0.39, 0.29) is 19.2 Å². The van der Waals surface area contributed by atoms with Gasteiger partial charge in [0.15, 0.2) is 17.4 Å². The number of rotatable bonds is 14. The number of quaternary nitrogens is 1. The second-order valence-corrected chi connectivity index (χ2v) is 13.3. The van der Waals surface area contributed by atoms with Crippen LogP contribution in [0.2, 0.25) is 0 Å².